The molecule has 1 heterocycles. The van der Waals surface area contributed by atoms with Crippen molar-refractivity contribution >= 4 is 18.1 Å². The molecule has 3 rings (SSSR count). The highest BCUT2D eigenvalue weighted by molar-refractivity contribution is 5.88. The van der Waals surface area contributed by atoms with E-state index in [4.69, 9.17) is 20.0 Å². The van der Waals surface area contributed by atoms with Crippen molar-refractivity contribution in [2.24, 2.45) is 0 Å². The van der Waals surface area contributed by atoms with Gasteiger partial charge in [0.15, 0.2) is 12.0 Å². The molecule has 0 N–H and O–H groups in total. The molecule has 38 heavy (non-hydrogen) atoms. The maximum Gasteiger partial charge on any atom is 0.415 e. The van der Waals surface area contributed by atoms with Gasteiger partial charge in [0.05, 0.1) is 29.8 Å². The van der Waals surface area contributed by atoms with Gasteiger partial charge in [-0.2, -0.15) is 10.5 Å². The smallest absolute Gasteiger partial charge is 0.415 e. The van der Waals surface area contributed by atoms with Gasteiger partial charge in [-0.1, -0.05) is 26.0 Å². The van der Waals surface area contributed by atoms with Crippen molar-refractivity contribution < 1.29 is 19.1 Å². The number of aromatic nitrogens is 1. The van der Waals surface area contributed by atoms with Crippen LogP contribution in [0.5, 0.6) is 5.75 Å². The Balaban J connectivity index is 0.00000247. The lowest BCUT2D eigenvalue weighted by Crippen LogP contribution is -2.36. The van der Waals surface area contributed by atoms with Crippen LogP contribution in [-0.2, 0) is 17.9 Å². The summed E-state index contributed by atoms with van der Waals surface area (Å²) in [6.45, 7) is 11.4. The minimum atomic E-state index is -0.719. The van der Waals surface area contributed by atoms with Gasteiger partial charge in [0.2, 0.25) is 0 Å². The zero-order chi connectivity index (χ0) is 28.3. The lowest BCUT2D eigenvalue weighted by Gasteiger charge is -2.28. The van der Waals surface area contributed by atoms with Crippen LogP contribution in [0.1, 0.15) is 72.9 Å². The number of carbonyl (C=O) groups is 2. The van der Waals surface area contributed by atoms with E-state index in [-0.39, 0.29) is 18.8 Å². The summed E-state index contributed by atoms with van der Waals surface area (Å²) >= 11 is 0. The van der Waals surface area contributed by atoms with Crippen LogP contribution in [0.2, 0.25) is 0 Å². The Morgan fingerprint density at radius 3 is 2.29 bits per heavy atom. The maximum absolute atomic E-state index is 13.1. The van der Waals surface area contributed by atoms with Crippen LogP contribution in [0, 0.1) is 29.6 Å². The SMILES string of the molecule is CC.Cc1c(CN(C(=O)OC(C)(C)C)c2ccc(C#N)cc2)cnc(C=O)c1OCc1cccc(C#N)c1. The molecule has 8 nitrogen and oxygen atoms in total. The molecule has 0 saturated heterocycles. The molecule has 0 spiro atoms. The Kier molecular flexibility index (Phi) is 10.6. The van der Waals surface area contributed by atoms with Crippen LogP contribution in [0.4, 0.5) is 10.5 Å². The second-order valence-electron chi connectivity index (χ2n) is 9.07. The molecule has 0 aliphatic heterocycles. The molecule has 3 aromatic rings. The first-order valence-corrected chi connectivity index (χ1v) is 12.2. The zero-order valence-electron chi connectivity index (χ0n) is 22.6. The van der Waals surface area contributed by atoms with E-state index in [9.17, 15) is 9.59 Å². The summed E-state index contributed by atoms with van der Waals surface area (Å²) in [6.07, 6.45) is 1.58. The first-order chi connectivity index (χ1) is 18.1. The summed E-state index contributed by atoms with van der Waals surface area (Å²) in [5.74, 6) is 0.300. The number of amides is 1. The number of hydrogen-bond acceptors (Lipinski definition) is 7. The van der Waals surface area contributed by atoms with E-state index < -0.39 is 11.7 Å². The minimum absolute atomic E-state index is 0.0963. The van der Waals surface area contributed by atoms with Gasteiger partial charge in [0.25, 0.3) is 0 Å². The number of pyridine rings is 1. The number of ether oxygens (including phenoxy) is 2. The largest absolute Gasteiger partial charge is 0.486 e. The fourth-order valence-corrected chi connectivity index (χ4v) is 3.42. The Morgan fingerprint density at radius 1 is 1.05 bits per heavy atom. The predicted octanol–water partition coefficient (Wildman–Crippen LogP) is 6.49. The van der Waals surface area contributed by atoms with Gasteiger partial charge in [-0.15, -0.1) is 0 Å². The average Bonchev–Trinajstić information content (AvgIpc) is 2.92. The monoisotopic (exact) mass is 512 g/mol. The van der Waals surface area contributed by atoms with Crippen LogP contribution in [0.15, 0.2) is 54.7 Å². The van der Waals surface area contributed by atoms with E-state index >= 15 is 0 Å². The number of rotatable bonds is 7. The molecule has 0 radical (unpaired) electrons. The van der Waals surface area contributed by atoms with E-state index in [2.05, 4.69) is 17.1 Å². The van der Waals surface area contributed by atoms with Crippen molar-refractivity contribution in [2.45, 2.75) is 60.3 Å². The second kappa shape index (κ2) is 13.6. The quantitative estimate of drug-likeness (QED) is 0.332. The van der Waals surface area contributed by atoms with Gasteiger partial charge < -0.3 is 9.47 Å². The van der Waals surface area contributed by atoms with Gasteiger partial charge in [-0.25, -0.2) is 9.78 Å². The van der Waals surface area contributed by atoms with Crippen LogP contribution in [0.25, 0.3) is 0 Å². The number of benzene rings is 2. The molecule has 0 saturated carbocycles. The molecular weight excluding hydrogens is 480 g/mol. The van der Waals surface area contributed by atoms with Gasteiger partial charge >= 0.3 is 6.09 Å². The fraction of sp³-hybridized carbons (Fsp3) is 0.300. The third-order valence-corrected chi connectivity index (χ3v) is 5.22. The van der Waals surface area contributed by atoms with E-state index in [0.717, 1.165) is 5.56 Å². The van der Waals surface area contributed by atoms with Crippen LogP contribution < -0.4 is 9.64 Å². The molecule has 0 aliphatic carbocycles. The molecular formula is C30H32N4O4. The number of aldehydes is 1. The number of nitrogens with zero attached hydrogens (tertiary/aromatic N) is 4. The molecule has 0 bridgehead atoms. The first kappa shape index (κ1) is 29.5. The number of carbonyl (C=O) groups excluding carboxylic acids is 2. The topological polar surface area (TPSA) is 116 Å². The molecule has 0 unspecified atom stereocenters. The average molecular weight is 513 g/mol. The Hall–Kier alpha value is -4.69. The summed E-state index contributed by atoms with van der Waals surface area (Å²) in [6, 6.07) is 17.7. The van der Waals surface area contributed by atoms with Gasteiger partial charge in [0.1, 0.15) is 17.9 Å². The van der Waals surface area contributed by atoms with Crippen LogP contribution in [0.3, 0.4) is 0 Å². The summed E-state index contributed by atoms with van der Waals surface area (Å²) in [5.41, 5.74) is 2.99. The highest BCUT2D eigenvalue weighted by Crippen LogP contribution is 2.28. The highest BCUT2D eigenvalue weighted by atomic mass is 16.6. The molecule has 1 aromatic heterocycles. The Labute approximate surface area is 224 Å². The zero-order valence-corrected chi connectivity index (χ0v) is 22.6. The summed E-state index contributed by atoms with van der Waals surface area (Å²) < 4.78 is 11.6. The molecule has 2 aromatic carbocycles. The predicted molar refractivity (Wildman–Crippen MR) is 145 cm³/mol. The Bertz CT molecular complexity index is 1350. The molecule has 1 amide bonds. The summed E-state index contributed by atoms with van der Waals surface area (Å²) in [7, 11) is 0. The first-order valence-electron chi connectivity index (χ1n) is 12.2. The van der Waals surface area contributed by atoms with E-state index in [0.29, 0.717) is 40.0 Å². The van der Waals surface area contributed by atoms with Crippen LogP contribution >= 0.6 is 0 Å². The third kappa shape index (κ3) is 7.91. The third-order valence-electron chi connectivity index (χ3n) is 5.22. The van der Waals surface area contributed by atoms with E-state index in [1.165, 1.54) is 11.1 Å². The fourth-order valence-electron chi connectivity index (χ4n) is 3.42. The van der Waals surface area contributed by atoms with Crippen molar-refractivity contribution in [3.05, 3.63) is 88.2 Å². The molecule has 0 atom stereocenters. The Morgan fingerprint density at radius 2 is 1.71 bits per heavy atom. The van der Waals surface area contributed by atoms with Crippen LogP contribution in [-0.4, -0.2) is 23.0 Å². The minimum Gasteiger partial charge on any atom is -0.486 e. The van der Waals surface area contributed by atoms with Crippen molar-refractivity contribution in [3.63, 3.8) is 0 Å². The number of anilines is 1. The van der Waals surface area contributed by atoms with Crippen molar-refractivity contribution in [2.75, 3.05) is 4.90 Å². The van der Waals surface area contributed by atoms with Crippen molar-refractivity contribution in [1.82, 2.24) is 4.98 Å². The summed E-state index contributed by atoms with van der Waals surface area (Å²) in [4.78, 5) is 30.5. The standard InChI is InChI=1S/C28H26N4O4.C2H6/c1-19-23(15-31-25(17-33)26(19)35-18-22-7-5-6-21(12-22)14-30)16-32(27(34)36-28(2,3)4)24-10-8-20(13-29)9-11-24;1-2/h5-12,15,17H,16,18H2,1-4H3;1-2H3. The highest BCUT2D eigenvalue weighted by Gasteiger charge is 2.25. The van der Waals surface area contributed by atoms with Gasteiger partial charge in [-0.05, 0) is 80.8 Å². The number of nitriles is 2. The lowest BCUT2D eigenvalue weighted by atomic mass is 10.1. The second-order valence-corrected chi connectivity index (χ2v) is 9.07. The normalized spacial score (nSPS) is 10.2. The van der Waals surface area contributed by atoms with Gasteiger partial charge in [-0.3, -0.25) is 9.69 Å². The van der Waals surface area contributed by atoms with E-state index in [1.807, 2.05) is 19.9 Å². The van der Waals surface area contributed by atoms with Gasteiger partial charge in [0, 0.05) is 11.9 Å². The lowest BCUT2D eigenvalue weighted by molar-refractivity contribution is 0.0577. The molecule has 0 aliphatic rings. The molecule has 0 fully saturated rings. The number of hydrogen-bond donors (Lipinski definition) is 0. The van der Waals surface area contributed by atoms with Crippen molar-refractivity contribution in [1.29, 1.82) is 10.5 Å². The summed E-state index contributed by atoms with van der Waals surface area (Å²) in [5, 5.41) is 18.2. The van der Waals surface area contributed by atoms with E-state index in [1.54, 1.807) is 70.2 Å². The van der Waals surface area contributed by atoms with Crippen molar-refractivity contribution in [3.8, 4) is 17.9 Å². The molecule has 8 heteroatoms. The maximum atomic E-state index is 13.1. The molecule has 196 valence electrons.